The highest BCUT2D eigenvalue weighted by Gasteiger charge is 2.39. The maximum Gasteiger partial charge on any atom is 0.270 e. The molecule has 0 N–H and O–H groups in total. The van der Waals surface area contributed by atoms with Crippen LogP contribution in [0, 0.1) is 13.8 Å². The molecule has 0 aliphatic heterocycles. The summed E-state index contributed by atoms with van der Waals surface area (Å²) in [5.74, 6) is -2.02. The molecule has 0 bridgehead atoms. The highest BCUT2D eigenvalue weighted by atomic mass is 35.5. The Balaban J connectivity index is 2.32. The zero-order valence-electron chi connectivity index (χ0n) is 20.3. The normalized spacial score (nSPS) is 11.8. The van der Waals surface area contributed by atoms with Crippen molar-refractivity contribution in [1.82, 2.24) is 0 Å². The molecule has 0 fully saturated rings. The number of hydrogen-bond acceptors (Lipinski definition) is 6. The van der Waals surface area contributed by atoms with Crippen LogP contribution in [0.1, 0.15) is 25.0 Å². The SMILES string of the molecule is CC(=O)N(c1c(Cl)c(Cl)c(N(C(C)=O)S(=O)(=O)c2ccc(C)cc2)c(Cl)c1Cl)S(=O)(=O)c1ccc(C)cc1. The molecule has 0 saturated carbocycles. The fourth-order valence-corrected chi connectivity index (χ4v) is 7.77. The molecular formula is C24H20Cl4N2O6S2. The van der Waals surface area contributed by atoms with E-state index in [-0.39, 0.29) is 9.79 Å². The van der Waals surface area contributed by atoms with E-state index in [0.29, 0.717) is 8.61 Å². The molecule has 0 aromatic heterocycles. The van der Waals surface area contributed by atoms with Crippen LogP contribution >= 0.6 is 46.4 Å². The van der Waals surface area contributed by atoms with Crippen LogP contribution in [-0.2, 0) is 29.6 Å². The van der Waals surface area contributed by atoms with Crippen molar-refractivity contribution < 1.29 is 26.4 Å². The summed E-state index contributed by atoms with van der Waals surface area (Å²) in [6, 6.07) is 11.2. The first-order valence-corrected chi connectivity index (χ1v) is 15.0. The standard InChI is InChI=1S/C24H20Cl4N2O6S2/c1-13-5-9-17(10-6-13)37(33,34)29(15(3)31)23-19(25)21(27)24(22(28)20(23)26)30(16(4)32)38(35,36)18-11-7-14(2)8-12-18/h5-12H,1-4H3. The van der Waals surface area contributed by atoms with Crippen molar-refractivity contribution in [3.63, 3.8) is 0 Å². The summed E-state index contributed by atoms with van der Waals surface area (Å²) >= 11 is 25.7. The van der Waals surface area contributed by atoms with E-state index in [9.17, 15) is 26.4 Å². The van der Waals surface area contributed by atoms with E-state index in [1.807, 2.05) is 0 Å². The third kappa shape index (κ3) is 5.38. The van der Waals surface area contributed by atoms with Crippen LogP contribution in [0.4, 0.5) is 11.4 Å². The lowest BCUT2D eigenvalue weighted by molar-refractivity contribution is -0.116. The number of hydrogen-bond donors (Lipinski definition) is 0. The van der Waals surface area contributed by atoms with Gasteiger partial charge in [-0.2, -0.15) is 8.61 Å². The number of halogens is 4. The van der Waals surface area contributed by atoms with E-state index < -0.39 is 63.3 Å². The summed E-state index contributed by atoms with van der Waals surface area (Å²) in [7, 11) is -9.15. The summed E-state index contributed by atoms with van der Waals surface area (Å²) in [5.41, 5.74) is 0.334. The number of sulfonamides is 2. The van der Waals surface area contributed by atoms with Gasteiger partial charge in [0.25, 0.3) is 20.0 Å². The van der Waals surface area contributed by atoms with Gasteiger partial charge in [-0.3, -0.25) is 9.59 Å². The van der Waals surface area contributed by atoms with Crippen LogP contribution in [0.25, 0.3) is 0 Å². The largest absolute Gasteiger partial charge is 0.274 e. The number of anilines is 2. The molecule has 3 aromatic rings. The molecule has 3 rings (SSSR count). The number of aryl methyl sites for hydroxylation is 2. The van der Waals surface area contributed by atoms with Gasteiger partial charge in [-0.1, -0.05) is 81.8 Å². The number of nitrogens with zero attached hydrogens (tertiary/aromatic N) is 2. The van der Waals surface area contributed by atoms with E-state index in [2.05, 4.69) is 0 Å². The number of carbonyl (C=O) groups excluding carboxylic acids is 2. The van der Waals surface area contributed by atoms with Crippen molar-refractivity contribution in [3.8, 4) is 0 Å². The highest BCUT2D eigenvalue weighted by molar-refractivity contribution is 7.94. The van der Waals surface area contributed by atoms with Gasteiger partial charge in [0, 0.05) is 13.8 Å². The molecule has 8 nitrogen and oxygen atoms in total. The predicted molar refractivity (Wildman–Crippen MR) is 150 cm³/mol. The van der Waals surface area contributed by atoms with Crippen LogP contribution < -0.4 is 8.61 Å². The van der Waals surface area contributed by atoms with Gasteiger partial charge in [0.2, 0.25) is 11.8 Å². The molecule has 0 radical (unpaired) electrons. The fraction of sp³-hybridized carbons (Fsp3) is 0.167. The van der Waals surface area contributed by atoms with E-state index in [4.69, 9.17) is 46.4 Å². The van der Waals surface area contributed by atoms with E-state index in [0.717, 1.165) is 25.0 Å². The fourth-order valence-electron chi connectivity index (χ4n) is 3.49. The van der Waals surface area contributed by atoms with Crippen molar-refractivity contribution in [3.05, 3.63) is 79.7 Å². The molecular weight excluding hydrogens is 618 g/mol. The topological polar surface area (TPSA) is 109 Å². The van der Waals surface area contributed by atoms with Crippen LogP contribution in [0.15, 0.2) is 58.3 Å². The minimum atomic E-state index is -4.57. The van der Waals surface area contributed by atoms with E-state index in [1.54, 1.807) is 13.8 Å². The second-order valence-electron chi connectivity index (χ2n) is 8.16. The second-order valence-corrected chi connectivity index (χ2v) is 13.2. The van der Waals surface area contributed by atoms with Gasteiger partial charge in [-0.25, -0.2) is 16.8 Å². The summed E-state index contributed by atoms with van der Waals surface area (Å²) in [5, 5.41) is -2.47. The lowest BCUT2D eigenvalue weighted by Crippen LogP contribution is -2.37. The Morgan fingerprint density at radius 1 is 0.553 bits per heavy atom. The maximum absolute atomic E-state index is 13.5. The predicted octanol–water partition coefficient (Wildman–Crippen LogP) is 6.40. The molecule has 38 heavy (non-hydrogen) atoms. The Morgan fingerprint density at radius 2 is 0.789 bits per heavy atom. The van der Waals surface area contributed by atoms with Gasteiger partial charge in [-0.05, 0) is 38.1 Å². The van der Waals surface area contributed by atoms with E-state index in [1.165, 1.54) is 48.5 Å². The van der Waals surface area contributed by atoms with Gasteiger partial charge >= 0.3 is 0 Å². The molecule has 0 aliphatic carbocycles. The third-order valence-corrected chi connectivity index (χ3v) is 10.6. The van der Waals surface area contributed by atoms with Gasteiger partial charge in [0.1, 0.15) is 11.4 Å². The maximum atomic E-state index is 13.5. The summed E-state index contributed by atoms with van der Waals surface area (Å²) < 4.78 is 54.4. The average molecular weight is 638 g/mol. The first-order valence-electron chi connectivity index (χ1n) is 10.6. The Kier molecular flexibility index (Phi) is 8.77. The molecule has 0 saturated heterocycles. The van der Waals surface area contributed by atoms with Gasteiger partial charge < -0.3 is 0 Å². The summed E-state index contributed by atoms with van der Waals surface area (Å²) in [4.78, 5) is 24.8. The molecule has 0 atom stereocenters. The van der Waals surface area contributed by atoms with Crippen molar-refractivity contribution in [1.29, 1.82) is 0 Å². The van der Waals surface area contributed by atoms with Crippen molar-refractivity contribution >= 4 is 89.6 Å². The lowest BCUT2D eigenvalue weighted by atomic mass is 10.2. The average Bonchev–Trinajstić information content (AvgIpc) is 2.82. The third-order valence-electron chi connectivity index (χ3n) is 5.31. The van der Waals surface area contributed by atoms with Gasteiger partial charge in [-0.15, -0.1) is 0 Å². The Morgan fingerprint density at radius 3 is 1.00 bits per heavy atom. The Hall–Kier alpha value is -2.34. The quantitative estimate of drug-likeness (QED) is 0.289. The molecule has 3 aromatic carbocycles. The monoisotopic (exact) mass is 636 g/mol. The first-order chi connectivity index (χ1) is 17.5. The van der Waals surface area contributed by atoms with E-state index >= 15 is 0 Å². The van der Waals surface area contributed by atoms with Gasteiger partial charge in [0.15, 0.2) is 0 Å². The van der Waals surface area contributed by atoms with Crippen LogP contribution in [0.5, 0.6) is 0 Å². The molecule has 0 heterocycles. The minimum absolute atomic E-state index is 0.255. The smallest absolute Gasteiger partial charge is 0.270 e. The second kappa shape index (κ2) is 11.0. The van der Waals surface area contributed by atoms with Crippen LogP contribution in [0.2, 0.25) is 20.1 Å². The Bertz CT molecular complexity index is 1500. The molecule has 0 spiro atoms. The summed E-state index contributed by atoms with van der Waals surface area (Å²) in [6.45, 7) is 5.41. The minimum Gasteiger partial charge on any atom is -0.274 e. The highest BCUT2D eigenvalue weighted by Crippen LogP contribution is 2.52. The number of amides is 2. The lowest BCUT2D eigenvalue weighted by Gasteiger charge is -2.28. The molecule has 202 valence electrons. The molecule has 2 amide bonds. The Labute approximate surface area is 240 Å². The van der Waals surface area contributed by atoms with Crippen molar-refractivity contribution in [2.45, 2.75) is 37.5 Å². The molecule has 14 heteroatoms. The van der Waals surface area contributed by atoms with Crippen LogP contribution in [0.3, 0.4) is 0 Å². The number of benzene rings is 3. The van der Waals surface area contributed by atoms with Crippen LogP contribution in [-0.4, -0.2) is 28.6 Å². The number of carbonyl (C=O) groups is 2. The molecule has 0 aliphatic rings. The van der Waals surface area contributed by atoms with Gasteiger partial charge in [0.05, 0.1) is 29.9 Å². The van der Waals surface area contributed by atoms with Crippen molar-refractivity contribution in [2.24, 2.45) is 0 Å². The molecule has 0 unspecified atom stereocenters. The zero-order valence-corrected chi connectivity index (χ0v) is 24.9. The van der Waals surface area contributed by atoms with Crippen molar-refractivity contribution in [2.75, 3.05) is 8.61 Å². The summed E-state index contributed by atoms with van der Waals surface area (Å²) in [6.07, 6.45) is 0. The zero-order chi connectivity index (χ0) is 28.7. The number of rotatable bonds is 6. The first kappa shape index (κ1) is 30.2.